The van der Waals surface area contributed by atoms with Crippen LogP contribution in [0.5, 0.6) is 0 Å². The number of hydrogen-bond donors (Lipinski definition) is 0. The molecule has 0 bridgehead atoms. The van der Waals surface area contributed by atoms with Gasteiger partial charge in [-0.1, -0.05) is 0 Å². The van der Waals surface area contributed by atoms with E-state index < -0.39 is 10.0 Å². The van der Waals surface area contributed by atoms with Crippen molar-refractivity contribution in [3.63, 3.8) is 0 Å². The molecule has 132 valence electrons. The fourth-order valence-corrected chi connectivity index (χ4v) is 3.99. The number of rotatable bonds is 3. The Labute approximate surface area is 145 Å². The van der Waals surface area contributed by atoms with E-state index >= 15 is 0 Å². The number of hydrogen-bond acceptors (Lipinski definition) is 8. The Morgan fingerprint density at radius 1 is 1.08 bits per heavy atom. The summed E-state index contributed by atoms with van der Waals surface area (Å²) in [5.41, 5.74) is 2.27. The monoisotopic (exact) mass is 362 g/mol. The van der Waals surface area contributed by atoms with Crippen LogP contribution in [-0.2, 0) is 21.2 Å². The normalized spacial score (nSPS) is 17.6. The molecule has 0 spiro atoms. The molecule has 1 saturated heterocycles. The second-order valence-electron chi connectivity index (χ2n) is 5.99. The Morgan fingerprint density at radius 3 is 2.48 bits per heavy atom. The van der Waals surface area contributed by atoms with Crippen molar-refractivity contribution in [3.05, 3.63) is 24.3 Å². The summed E-state index contributed by atoms with van der Waals surface area (Å²) in [4.78, 5) is 19.4. The fourth-order valence-electron chi connectivity index (χ4n) is 3.10. The van der Waals surface area contributed by atoms with Crippen molar-refractivity contribution in [2.45, 2.75) is 6.42 Å². The van der Waals surface area contributed by atoms with Crippen LogP contribution in [0.3, 0.4) is 0 Å². The van der Waals surface area contributed by atoms with Crippen LogP contribution >= 0.6 is 0 Å². The molecule has 9 nitrogen and oxygen atoms in total. The maximum absolute atomic E-state index is 12.1. The predicted octanol–water partition coefficient (Wildman–Crippen LogP) is 0.0923. The molecular weight excluding hydrogens is 344 g/mol. The highest BCUT2D eigenvalue weighted by Gasteiger charge is 2.32. The van der Waals surface area contributed by atoms with Crippen LogP contribution in [0.15, 0.2) is 18.7 Å². The molecule has 0 aromatic carbocycles. The van der Waals surface area contributed by atoms with Gasteiger partial charge >= 0.3 is 0 Å². The van der Waals surface area contributed by atoms with Crippen LogP contribution in [0.1, 0.15) is 5.56 Å². The molecule has 4 rings (SSSR count). The standard InChI is InChI=1S/C15H18N6O3S/c1-25(22,23)21-3-2-12-13(11-8-16-10-17-9-11)18-15(19-14(12)21)20-4-6-24-7-5-20/h8-10H,2-7H2,1H3. The number of nitrogens with zero attached hydrogens (tertiary/aromatic N) is 6. The van der Waals surface area contributed by atoms with Gasteiger partial charge in [0, 0.05) is 43.2 Å². The molecule has 25 heavy (non-hydrogen) atoms. The molecule has 2 aliphatic heterocycles. The zero-order chi connectivity index (χ0) is 17.4. The van der Waals surface area contributed by atoms with Crippen molar-refractivity contribution in [2.24, 2.45) is 0 Å². The SMILES string of the molecule is CS(=O)(=O)N1CCc2c(-c3cncnc3)nc(N3CCOCC3)nc21. The Kier molecular flexibility index (Phi) is 4.00. The van der Waals surface area contributed by atoms with E-state index in [0.29, 0.717) is 56.7 Å². The summed E-state index contributed by atoms with van der Waals surface area (Å²) in [5, 5.41) is 0. The van der Waals surface area contributed by atoms with Gasteiger partial charge < -0.3 is 9.64 Å². The van der Waals surface area contributed by atoms with Crippen LogP contribution < -0.4 is 9.21 Å². The van der Waals surface area contributed by atoms with E-state index in [1.54, 1.807) is 12.4 Å². The Hall–Kier alpha value is -2.33. The summed E-state index contributed by atoms with van der Waals surface area (Å²) in [6, 6.07) is 0. The number of fused-ring (bicyclic) bond motifs is 1. The quantitative estimate of drug-likeness (QED) is 0.757. The first-order valence-electron chi connectivity index (χ1n) is 8.01. The smallest absolute Gasteiger partial charge is 0.233 e. The van der Waals surface area contributed by atoms with Crippen LogP contribution in [-0.4, -0.2) is 67.5 Å². The lowest BCUT2D eigenvalue weighted by Crippen LogP contribution is -2.38. The molecule has 0 unspecified atom stereocenters. The second-order valence-corrected chi connectivity index (χ2v) is 7.89. The minimum absolute atomic E-state index is 0.371. The first-order valence-corrected chi connectivity index (χ1v) is 9.85. The van der Waals surface area contributed by atoms with Crippen LogP contribution in [0.25, 0.3) is 11.3 Å². The average molecular weight is 362 g/mol. The largest absolute Gasteiger partial charge is 0.378 e. The van der Waals surface area contributed by atoms with Gasteiger partial charge in [-0.05, 0) is 6.42 Å². The molecule has 0 saturated carbocycles. The van der Waals surface area contributed by atoms with Gasteiger partial charge in [-0.2, -0.15) is 4.98 Å². The number of morpholine rings is 1. The Bertz CT molecular complexity index is 884. The zero-order valence-corrected chi connectivity index (χ0v) is 14.6. The predicted molar refractivity (Wildman–Crippen MR) is 92.0 cm³/mol. The molecule has 1 fully saturated rings. The van der Waals surface area contributed by atoms with Gasteiger partial charge in [0.15, 0.2) is 5.82 Å². The van der Waals surface area contributed by atoms with E-state index in [1.807, 2.05) is 4.90 Å². The van der Waals surface area contributed by atoms with Crippen LogP contribution in [0.4, 0.5) is 11.8 Å². The highest BCUT2D eigenvalue weighted by atomic mass is 32.2. The van der Waals surface area contributed by atoms with Crippen molar-refractivity contribution in [1.82, 2.24) is 19.9 Å². The minimum atomic E-state index is -3.39. The Balaban J connectivity index is 1.88. The molecule has 2 aromatic heterocycles. The van der Waals surface area contributed by atoms with Crippen molar-refractivity contribution in [2.75, 3.05) is 48.3 Å². The fraction of sp³-hybridized carbons (Fsp3) is 0.467. The van der Waals surface area contributed by atoms with Gasteiger partial charge in [-0.25, -0.2) is 23.4 Å². The molecule has 0 N–H and O–H groups in total. The van der Waals surface area contributed by atoms with E-state index in [1.165, 1.54) is 16.9 Å². The van der Waals surface area contributed by atoms with Crippen LogP contribution in [0, 0.1) is 0 Å². The molecule has 2 aromatic rings. The summed E-state index contributed by atoms with van der Waals surface area (Å²) in [5.74, 6) is 0.967. The molecule has 10 heteroatoms. The summed E-state index contributed by atoms with van der Waals surface area (Å²) >= 11 is 0. The van der Waals surface area contributed by atoms with Crippen molar-refractivity contribution < 1.29 is 13.2 Å². The lowest BCUT2D eigenvalue weighted by molar-refractivity contribution is 0.122. The van der Waals surface area contributed by atoms with Crippen molar-refractivity contribution >= 4 is 21.8 Å². The number of sulfonamides is 1. The van der Waals surface area contributed by atoms with E-state index in [4.69, 9.17) is 9.72 Å². The lowest BCUT2D eigenvalue weighted by atomic mass is 10.1. The average Bonchev–Trinajstić information content (AvgIpc) is 3.07. The first-order chi connectivity index (χ1) is 12.0. The van der Waals surface area contributed by atoms with Gasteiger partial charge in [0.05, 0.1) is 25.2 Å². The second kappa shape index (κ2) is 6.19. The highest BCUT2D eigenvalue weighted by molar-refractivity contribution is 7.92. The number of aromatic nitrogens is 4. The topological polar surface area (TPSA) is 101 Å². The van der Waals surface area contributed by atoms with Gasteiger partial charge in [-0.15, -0.1) is 0 Å². The molecule has 0 atom stereocenters. The minimum Gasteiger partial charge on any atom is -0.378 e. The molecule has 2 aliphatic rings. The van der Waals surface area contributed by atoms with E-state index in [9.17, 15) is 8.42 Å². The molecule has 4 heterocycles. The lowest BCUT2D eigenvalue weighted by Gasteiger charge is -2.28. The first kappa shape index (κ1) is 16.2. The number of anilines is 2. The summed E-state index contributed by atoms with van der Waals surface area (Å²) < 4.78 is 31.0. The van der Waals surface area contributed by atoms with Gasteiger partial charge in [0.25, 0.3) is 0 Å². The van der Waals surface area contributed by atoms with Crippen LogP contribution in [0.2, 0.25) is 0 Å². The molecule has 0 radical (unpaired) electrons. The summed E-state index contributed by atoms with van der Waals surface area (Å²) in [6.45, 7) is 2.90. The van der Waals surface area contributed by atoms with E-state index in [-0.39, 0.29) is 0 Å². The highest BCUT2D eigenvalue weighted by Crippen LogP contribution is 2.36. The molecular formula is C15H18N6O3S. The van der Waals surface area contributed by atoms with Crippen molar-refractivity contribution in [1.29, 1.82) is 0 Å². The van der Waals surface area contributed by atoms with Gasteiger partial charge in [0.2, 0.25) is 16.0 Å². The molecule has 0 amide bonds. The van der Waals surface area contributed by atoms with E-state index in [2.05, 4.69) is 15.0 Å². The zero-order valence-electron chi connectivity index (χ0n) is 13.8. The maximum atomic E-state index is 12.1. The van der Waals surface area contributed by atoms with Crippen molar-refractivity contribution in [3.8, 4) is 11.3 Å². The third kappa shape index (κ3) is 3.02. The third-order valence-corrected chi connectivity index (χ3v) is 5.46. The van der Waals surface area contributed by atoms with Gasteiger partial charge in [0.1, 0.15) is 6.33 Å². The summed E-state index contributed by atoms with van der Waals surface area (Å²) in [6.07, 6.45) is 6.58. The Morgan fingerprint density at radius 2 is 1.80 bits per heavy atom. The maximum Gasteiger partial charge on any atom is 0.233 e. The van der Waals surface area contributed by atoms with E-state index in [0.717, 1.165) is 11.1 Å². The summed E-state index contributed by atoms with van der Waals surface area (Å²) in [7, 11) is -3.39. The number of ether oxygens (including phenoxy) is 1. The molecule has 0 aliphatic carbocycles. The van der Waals surface area contributed by atoms with Gasteiger partial charge in [-0.3, -0.25) is 4.31 Å². The third-order valence-electron chi connectivity index (χ3n) is 4.30.